The van der Waals surface area contributed by atoms with Crippen LogP contribution in [0.15, 0.2) is 0 Å². The van der Waals surface area contributed by atoms with Crippen LogP contribution in [0.2, 0.25) is 0 Å². The summed E-state index contributed by atoms with van der Waals surface area (Å²) in [7, 11) is -2.11. The Labute approximate surface area is 251 Å². The predicted octanol–water partition coefficient (Wildman–Crippen LogP) is 7.96. The van der Waals surface area contributed by atoms with Crippen molar-refractivity contribution in [2.75, 3.05) is 39.9 Å². The van der Waals surface area contributed by atoms with E-state index in [0.29, 0.717) is 12.5 Å². The zero-order chi connectivity index (χ0) is 30.0. The first-order valence-electron chi connectivity index (χ1n) is 16.9. The van der Waals surface area contributed by atoms with E-state index in [4.69, 9.17) is 18.5 Å². The smallest absolute Gasteiger partial charge is 0.457 e. The van der Waals surface area contributed by atoms with E-state index in [1.807, 2.05) is 6.92 Å². The Kier molecular flexibility index (Phi) is 18.3. The summed E-state index contributed by atoms with van der Waals surface area (Å²) in [5.74, 6) is -0.176. The van der Waals surface area contributed by atoms with E-state index in [-0.39, 0.29) is 12.7 Å². The van der Waals surface area contributed by atoms with Crippen LogP contribution in [0.1, 0.15) is 136 Å². The molecule has 3 heterocycles. The van der Waals surface area contributed by atoms with Gasteiger partial charge in [-0.3, -0.25) is 13.8 Å². The van der Waals surface area contributed by atoms with Crippen molar-refractivity contribution in [1.29, 1.82) is 0 Å². The molecule has 4 atom stereocenters. The van der Waals surface area contributed by atoms with Crippen LogP contribution in [0.25, 0.3) is 0 Å². The third-order valence-corrected chi connectivity index (χ3v) is 10.1. The molecule has 3 aliphatic rings. The van der Waals surface area contributed by atoms with Gasteiger partial charge in [0.25, 0.3) is 0 Å². The van der Waals surface area contributed by atoms with Gasteiger partial charge >= 0.3 is 13.8 Å². The maximum atomic E-state index is 12.7. The molecular formula is C32H63NO7P+. The quantitative estimate of drug-likeness (QED) is 0.0489. The monoisotopic (exact) mass is 604 g/mol. The molecule has 3 rings (SSSR count). The van der Waals surface area contributed by atoms with Crippen molar-refractivity contribution in [3.8, 4) is 0 Å². The van der Waals surface area contributed by atoms with E-state index in [1.165, 1.54) is 96.8 Å². The van der Waals surface area contributed by atoms with Gasteiger partial charge in [-0.1, -0.05) is 103 Å². The standard InChI is InChI=1S/C32H62NO7P/c1-5-6-7-8-9-10-11-12-13-14-15-16-17-18-19-20-25-37-28(2)32(39-29(3)34)27-38-41(35,36)40-31-26-33(4)23-21-30(31)22-24-33/h28,30-32H,5-27H2,1-4H3/p+1. The number of piperidine rings is 3. The van der Waals surface area contributed by atoms with E-state index in [0.717, 1.165) is 49.8 Å². The number of carbonyl (C=O) groups excluding carboxylic acids is 1. The molecule has 0 radical (unpaired) electrons. The molecule has 0 aromatic rings. The highest BCUT2D eigenvalue weighted by molar-refractivity contribution is 7.47. The number of phosphoric ester groups is 1. The molecule has 0 aliphatic carbocycles. The first-order valence-corrected chi connectivity index (χ1v) is 18.4. The highest BCUT2D eigenvalue weighted by Crippen LogP contribution is 2.49. The number of unbranched alkanes of at least 4 members (excludes halogenated alkanes) is 15. The summed E-state index contributed by atoms with van der Waals surface area (Å²) in [6.45, 7) is 8.63. The van der Waals surface area contributed by atoms with Crippen molar-refractivity contribution in [2.45, 2.75) is 155 Å². The first kappa shape index (κ1) is 36.7. The zero-order valence-electron chi connectivity index (χ0n) is 26.9. The zero-order valence-corrected chi connectivity index (χ0v) is 27.8. The fourth-order valence-electron chi connectivity index (χ4n) is 6.34. The van der Waals surface area contributed by atoms with Crippen molar-refractivity contribution in [3.05, 3.63) is 0 Å². The van der Waals surface area contributed by atoms with Gasteiger partial charge in [-0.25, -0.2) is 4.57 Å². The van der Waals surface area contributed by atoms with Crippen LogP contribution in [-0.4, -0.2) is 73.6 Å². The molecule has 0 aromatic heterocycles. The number of esters is 1. The van der Waals surface area contributed by atoms with Gasteiger partial charge in [-0.05, 0) is 13.3 Å². The molecule has 2 bridgehead atoms. The van der Waals surface area contributed by atoms with E-state index < -0.39 is 26.0 Å². The molecule has 0 aromatic carbocycles. The number of carbonyl (C=O) groups is 1. The molecule has 1 N–H and O–H groups in total. The van der Waals surface area contributed by atoms with Crippen LogP contribution in [0.3, 0.4) is 0 Å². The van der Waals surface area contributed by atoms with Gasteiger partial charge in [0, 0.05) is 32.3 Å². The second-order valence-corrected chi connectivity index (χ2v) is 14.4. The van der Waals surface area contributed by atoms with Gasteiger partial charge < -0.3 is 18.9 Å². The van der Waals surface area contributed by atoms with Crippen LogP contribution in [0, 0.1) is 5.92 Å². The lowest BCUT2D eigenvalue weighted by atomic mass is 9.84. The maximum Gasteiger partial charge on any atom is 0.472 e. The van der Waals surface area contributed by atoms with Crippen LogP contribution < -0.4 is 0 Å². The molecule has 9 heteroatoms. The van der Waals surface area contributed by atoms with Gasteiger partial charge in [0.05, 0.1) is 32.8 Å². The Morgan fingerprint density at radius 2 is 1.37 bits per heavy atom. The second kappa shape index (κ2) is 20.5. The second-order valence-electron chi connectivity index (χ2n) is 13.0. The lowest BCUT2D eigenvalue weighted by Crippen LogP contribution is -2.61. The summed E-state index contributed by atoms with van der Waals surface area (Å²) in [5, 5.41) is 0. The third kappa shape index (κ3) is 16.2. The van der Waals surface area contributed by atoms with Gasteiger partial charge in [0.2, 0.25) is 0 Å². The number of fused-ring (bicyclic) bond motifs is 3. The number of likely N-dealkylation sites (N-methyl/N-ethyl adjacent to an activating group) is 1. The SMILES string of the molecule is CCCCCCCCCCCCCCCCCCOC(C)C(COP(=O)(O)OC1C[N+]2(C)CCC1CC2)OC(C)=O. The average molecular weight is 605 g/mol. The number of rotatable bonds is 25. The average Bonchev–Trinajstić information content (AvgIpc) is 2.92. The summed E-state index contributed by atoms with van der Waals surface area (Å²) < 4.78 is 35.8. The minimum Gasteiger partial charge on any atom is -0.457 e. The minimum absolute atomic E-state index is 0.239. The minimum atomic E-state index is -4.28. The molecule has 3 saturated heterocycles. The Balaban J connectivity index is 1.51. The fourth-order valence-corrected chi connectivity index (χ4v) is 7.32. The molecule has 0 spiro atoms. The Morgan fingerprint density at radius 1 is 0.878 bits per heavy atom. The van der Waals surface area contributed by atoms with Crippen LogP contribution in [-0.2, 0) is 27.9 Å². The molecule has 41 heavy (non-hydrogen) atoms. The Bertz CT molecular complexity index is 744. The normalized spacial score (nSPS) is 25.1. The topological polar surface area (TPSA) is 91.3 Å². The molecule has 3 aliphatic heterocycles. The van der Waals surface area contributed by atoms with Crippen LogP contribution in [0.4, 0.5) is 0 Å². The van der Waals surface area contributed by atoms with E-state index in [9.17, 15) is 14.3 Å². The summed E-state index contributed by atoms with van der Waals surface area (Å²) in [4.78, 5) is 22.1. The van der Waals surface area contributed by atoms with Gasteiger partial charge in [0.1, 0.15) is 12.6 Å². The predicted molar refractivity (Wildman–Crippen MR) is 165 cm³/mol. The maximum absolute atomic E-state index is 12.7. The lowest BCUT2D eigenvalue weighted by Gasteiger charge is -2.50. The van der Waals surface area contributed by atoms with E-state index in [1.54, 1.807) is 0 Å². The Morgan fingerprint density at radius 3 is 1.83 bits per heavy atom. The molecule has 242 valence electrons. The number of phosphoric acid groups is 1. The van der Waals surface area contributed by atoms with E-state index in [2.05, 4.69) is 14.0 Å². The van der Waals surface area contributed by atoms with Crippen molar-refractivity contribution in [2.24, 2.45) is 5.92 Å². The fraction of sp³-hybridized carbons (Fsp3) is 0.969. The van der Waals surface area contributed by atoms with Gasteiger partial charge in [-0.2, -0.15) is 0 Å². The number of ether oxygens (including phenoxy) is 2. The molecule has 3 fully saturated rings. The highest BCUT2D eigenvalue weighted by Gasteiger charge is 2.47. The van der Waals surface area contributed by atoms with Crippen molar-refractivity contribution < 1.29 is 37.3 Å². The summed E-state index contributed by atoms with van der Waals surface area (Å²) in [6.07, 6.45) is 21.6. The first-order chi connectivity index (χ1) is 19.6. The van der Waals surface area contributed by atoms with Crippen LogP contribution >= 0.6 is 7.82 Å². The molecule has 4 unspecified atom stereocenters. The van der Waals surface area contributed by atoms with Crippen molar-refractivity contribution >= 4 is 13.8 Å². The van der Waals surface area contributed by atoms with Crippen molar-refractivity contribution in [3.63, 3.8) is 0 Å². The molecule has 8 nitrogen and oxygen atoms in total. The number of hydrogen-bond donors (Lipinski definition) is 1. The summed E-state index contributed by atoms with van der Waals surface area (Å²) in [5.41, 5.74) is 0. The van der Waals surface area contributed by atoms with E-state index >= 15 is 0 Å². The summed E-state index contributed by atoms with van der Waals surface area (Å²) in [6, 6.07) is 0. The Hall–Kier alpha value is -0.500. The van der Waals surface area contributed by atoms with Gasteiger partial charge in [0.15, 0.2) is 6.10 Å². The van der Waals surface area contributed by atoms with Crippen molar-refractivity contribution in [1.82, 2.24) is 0 Å². The molecular weight excluding hydrogens is 541 g/mol. The van der Waals surface area contributed by atoms with Gasteiger partial charge in [-0.15, -0.1) is 0 Å². The van der Waals surface area contributed by atoms with Crippen LogP contribution in [0.5, 0.6) is 0 Å². The lowest BCUT2D eigenvalue weighted by molar-refractivity contribution is -0.928. The molecule has 0 amide bonds. The molecule has 0 saturated carbocycles. The largest absolute Gasteiger partial charge is 0.472 e. The highest BCUT2D eigenvalue weighted by atomic mass is 31.2. The number of hydrogen-bond acceptors (Lipinski definition) is 6. The number of quaternary nitrogens is 1. The third-order valence-electron chi connectivity index (χ3n) is 9.12. The summed E-state index contributed by atoms with van der Waals surface area (Å²) >= 11 is 0. The number of nitrogens with zero attached hydrogens (tertiary/aromatic N) is 1.